The van der Waals surface area contributed by atoms with Gasteiger partial charge in [-0.25, -0.2) is 0 Å². The molecule has 1 amide bonds. The molecule has 0 aliphatic rings. The molecule has 0 aliphatic heterocycles. The van der Waals surface area contributed by atoms with E-state index in [4.69, 9.17) is 14.2 Å². The molecule has 0 saturated carbocycles. The number of aromatic nitrogens is 4. The average Bonchev–Trinajstić information content (AvgIpc) is 3.38. The van der Waals surface area contributed by atoms with Crippen LogP contribution in [0.5, 0.6) is 17.4 Å². The third kappa shape index (κ3) is 5.84. The maximum atomic E-state index is 12.2. The van der Waals surface area contributed by atoms with Crippen LogP contribution >= 0.6 is 0 Å². The van der Waals surface area contributed by atoms with Crippen LogP contribution in [0, 0.1) is 0 Å². The number of carbonyl (C=O) groups is 1. The minimum Gasteiger partial charge on any atom is -0.497 e. The van der Waals surface area contributed by atoms with Gasteiger partial charge in [0.25, 0.3) is 5.91 Å². The molecule has 0 unspecified atom stereocenters. The summed E-state index contributed by atoms with van der Waals surface area (Å²) in [6.45, 7) is 0.471. The zero-order chi connectivity index (χ0) is 25.5. The largest absolute Gasteiger partial charge is 0.497 e. The molecule has 37 heavy (non-hydrogen) atoms. The van der Waals surface area contributed by atoms with Gasteiger partial charge in [0.2, 0.25) is 5.88 Å². The number of nitrogens with one attached hydrogen (secondary N) is 1. The highest BCUT2D eigenvalue weighted by atomic mass is 16.5. The molecule has 5 rings (SSSR count). The van der Waals surface area contributed by atoms with Crippen LogP contribution in [0.2, 0.25) is 0 Å². The van der Waals surface area contributed by atoms with Crippen LogP contribution in [0.4, 0.5) is 0 Å². The summed E-state index contributed by atoms with van der Waals surface area (Å²) in [4.78, 5) is 12.2. The SMILES string of the molecule is COc1ccc(-c2nnc3ccc(OCCNC(=O)COc4ccc(-c5ccccc5)cc4)nn23)cc1. The molecular weight excluding hydrogens is 470 g/mol. The van der Waals surface area contributed by atoms with E-state index in [1.807, 2.05) is 78.9 Å². The molecule has 2 aromatic heterocycles. The molecule has 0 fully saturated rings. The maximum Gasteiger partial charge on any atom is 0.258 e. The Balaban J connectivity index is 1.09. The first-order chi connectivity index (χ1) is 18.2. The predicted octanol–water partition coefficient (Wildman–Crippen LogP) is 4.04. The molecule has 0 radical (unpaired) electrons. The van der Waals surface area contributed by atoms with E-state index in [-0.39, 0.29) is 19.1 Å². The summed E-state index contributed by atoms with van der Waals surface area (Å²) in [5, 5.41) is 15.6. The Labute approximate surface area is 213 Å². The topological polar surface area (TPSA) is 99.9 Å². The molecule has 2 heterocycles. The fraction of sp³-hybridized carbons (Fsp3) is 0.143. The monoisotopic (exact) mass is 495 g/mol. The van der Waals surface area contributed by atoms with Gasteiger partial charge in [-0.3, -0.25) is 4.79 Å². The van der Waals surface area contributed by atoms with Crippen LogP contribution in [0.1, 0.15) is 0 Å². The minimum absolute atomic E-state index is 0.0825. The van der Waals surface area contributed by atoms with Crippen LogP contribution in [0.25, 0.3) is 28.2 Å². The van der Waals surface area contributed by atoms with Crippen molar-refractivity contribution in [1.29, 1.82) is 0 Å². The Kier molecular flexibility index (Phi) is 7.21. The van der Waals surface area contributed by atoms with Gasteiger partial charge in [0.1, 0.15) is 18.1 Å². The third-order valence-corrected chi connectivity index (χ3v) is 5.59. The average molecular weight is 496 g/mol. The highest BCUT2D eigenvalue weighted by Crippen LogP contribution is 2.23. The van der Waals surface area contributed by atoms with Gasteiger partial charge in [0.15, 0.2) is 18.1 Å². The summed E-state index contributed by atoms with van der Waals surface area (Å²) < 4.78 is 18.1. The first-order valence-corrected chi connectivity index (χ1v) is 11.7. The van der Waals surface area contributed by atoms with Crippen LogP contribution in [0.15, 0.2) is 91.0 Å². The van der Waals surface area contributed by atoms with Crippen molar-refractivity contribution < 1.29 is 19.0 Å². The number of methoxy groups -OCH3 is 1. The molecular formula is C28H25N5O4. The first-order valence-electron chi connectivity index (χ1n) is 11.7. The van der Waals surface area contributed by atoms with Crippen LogP contribution in [-0.4, -0.2) is 52.6 Å². The molecule has 9 heteroatoms. The molecule has 0 aliphatic carbocycles. The van der Waals surface area contributed by atoms with Crippen molar-refractivity contribution in [3.8, 4) is 39.9 Å². The van der Waals surface area contributed by atoms with Crippen molar-refractivity contribution in [3.63, 3.8) is 0 Å². The van der Waals surface area contributed by atoms with Crippen LogP contribution in [0.3, 0.4) is 0 Å². The minimum atomic E-state index is -0.236. The number of hydrogen-bond donors (Lipinski definition) is 1. The summed E-state index contributed by atoms with van der Waals surface area (Å²) in [6, 6.07) is 28.7. The number of fused-ring (bicyclic) bond motifs is 1. The van der Waals surface area contributed by atoms with Crippen LogP contribution in [-0.2, 0) is 4.79 Å². The predicted molar refractivity (Wildman–Crippen MR) is 139 cm³/mol. The Morgan fingerprint density at radius 2 is 1.49 bits per heavy atom. The zero-order valence-electron chi connectivity index (χ0n) is 20.2. The molecule has 0 spiro atoms. The Morgan fingerprint density at radius 3 is 2.24 bits per heavy atom. The van der Waals surface area contributed by atoms with Gasteiger partial charge >= 0.3 is 0 Å². The van der Waals surface area contributed by atoms with E-state index < -0.39 is 0 Å². The lowest BCUT2D eigenvalue weighted by atomic mass is 10.1. The van der Waals surface area contributed by atoms with Crippen molar-refractivity contribution in [3.05, 3.63) is 91.0 Å². The quantitative estimate of drug-likeness (QED) is 0.292. The summed E-state index contributed by atoms with van der Waals surface area (Å²) in [5.74, 6) is 2.13. The van der Waals surface area contributed by atoms with Gasteiger partial charge in [-0.2, -0.15) is 4.52 Å². The van der Waals surface area contributed by atoms with Crippen molar-refractivity contribution in [2.75, 3.05) is 26.9 Å². The fourth-order valence-electron chi connectivity index (χ4n) is 3.69. The molecule has 186 valence electrons. The number of benzene rings is 3. The number of nitrogens with zero attached hydrogens (tertiary/aromatic N) is 4. The van der Waals surface area contributed by atoms with E-state index in [9.17, 15) is 4.79 Å². The van der Waals surface area contributed by atoms with Gasteiger partial charge in [-0.1, -0.05) is 42.5 Å². The second-order valence-electron chi connectivity index (χ2n) is 8.07. The molecule has 0 bridgehead atoms. The van der Waals surface area contributed by atoms with Crippen molar-refractivity contribution in [2.45, 2.75) is 0 Å². The van der Waals surface area contributed by atoms with E-state index >= 15 is 0 Å². The highest BCUT2D eigenvalue weighted by molar-refractivity contribution is 5.77. The lowest BCUT2D eigenvalue weighted by molar-refractivity contribution is -0.123. The molecule has 9 nitrogen and oxygen atoms in total. The molecule has 3 aromatic carbocycles. The Morgan fingerprint density at radius 1 is 0.784 bits per heavy atom. The van der Waals surface area contributed by atoms with E-state index in [0.29, 0.717) is 29.6 Å². The summed E-state index contributed by atoms with van der Waals surface area (Å²) in [5.41, 5.74) is 3.66. The molecule has 0 saturated heterocycles. The third-order valence-electron chi connectivity index (χ3n) is 5.59. The summed E-state index contributed by atoms with van der Waals surface area (Å²) >= 11 is 0. The maximum absolute atomic E-state index is 12.2. The lowest BCUT2D eigenvalue weighted by Gasteiger charge is -2.09. The van der Waals surface area contributed by atoms with Crippen LogP contribution < -0.4 is 19.5 Å². The Hall–Kier alpha value is -4.92. The standard InChI is InChI=1S/C28H25N5O4/c1-35-23-11-9-22(10-12-23)28-31-30-25-15-16-27(32-33(25)28)36-18-17-29-26(34)19-37-24-13-7-21(8-14-24)20-5-3-2-4-6-20/h2-16H,17-19H2,1H3,(H,29,34). The van der Waals surface area contributed by atoms with Gasteiger partial charge < -0.3 is 19.5 Å². The van der Waals surface area contributed by atoms with Crippen molar-refractivity contribution in [1.82, 2.24) is 25.1 Å². The van der Waals surface area contributed by atoms with Crippen molar-refractivity contribution in [2.24, 2.45) is 0 Å². The first kappa shape index (κ1) is 23.8. The lowest BCUT2D eigenvalue weighted by Crippen LogP contribution is -2.32. The molecule has 5 aromatic rings. The number of hydrogen-bond acceptors (Lipinski definition) is 7. The van der Waals surface area contributed by atoms with E-state index in [1.54, 1.807) is 23.8 Å². The second-order valence-corrected chi connectivity index (χ2v) is 8.07. The smallest absolute Gasteiger partial charge is 0.258 e. The van der Waals surface area contributed by atoms with E-state index in [2.05, 4.69) is 20.6 Å². The van der Waals surface area contributed by atoms with Gasteiger partial charge in [0, 0.05) is 11.6 Å². The normalized spacial score (nSPS) is 10.7. The van der Waals surface area contributed by atoms with Gasteiger partial charge in [-0.05, 0) is 53.6 Å². The molecule has 0 atom stereocenters. The number of amides is 1. The van der Waals surface area contributed by atoms with E-state index in [0.717, 1.165) is 22.4 Å². The zero-order valence-corrected chi connectivity index (χ0v) is 20.2. The fourth-order valence-corrected chi connectivity index (χ4v) is 3.69. The highest BCUT2D eigenvalue weighted by Gasteiger charge is 2.11. The van der Waals surface area contributed by atoms with E-state index in [1.165, 1.54) is 0 Å². The van der Waals surface area contributed by atoms with Gasteiger partial charge in [0.05, 0.1) is 13.7 Å². The summed E-state index contributed by atoms with van der Waals surface area (Å²) in [7, 11) is 1.62. The van der Waals surface area contributed by atoms with Crippen molar-refractivity contribution >= 4 is 11.6 Å². The number of carbonyl (C=O) groups excluding carboxylic acids is 1. The second kappa shape index (κ2) is 11.2. The van der Waals surface area contributed by atoms with Gasteiger partial charge in [-0.15, -0.1) is 15.3 Å². The Bertz CT molecular complexity index is 1470. The molecule has 1 N–H and O–H groups in total. The number of ether oxygens (including phenoxy) is 3. The summed E-state index contributed by atoms with van der Waals surface area (Å²) in [6.07, 6.45) is 0. The number of rotatable bonds is 10.